The van der Waals surface area contributed by atoms with Gasteiger partial charge in [-0.15, -0.1) is 0 Å². The Morgan fingerprint density at radius 2 is 1.59 bits per heavy atom. The number of carbonyl (C=O) groups excluding carboxylic acids is 1. The second kappa shape index (κ2) is 8.72. The fourth-order valence-electron chi connectivity index (χ4n) is 3.55. The number of carbonyl (C=O) groups is 1. The van der Waals surface area contributed by atoms with Crippen molar-refractivity contribution in [3.63, 3.8) is 0 Å². The smallest absolute Gasteiger partial charge is 0.349 e. The Morgan fingerprint density at radius 1 is 0.938 bits per heavy atom. The van der Waals surface area contributed by atoms with Crippen LogP contribution < -0.4 is 5.32 Å². The summed E-state index contributed by atoms with van der Waals surface area (Å²) >= 11 is 0. The molecule has 1 aromatic heterocycles. The Bertz CT molecular complexity index is 1090. The van der Waals surface area contributed by atoms with Gasteiger partial charge in [0.15, 0.2) is 9.84 Å². The molecular weight excluding hydrogens is 462 g/mol. The number of nitrogens with zero attached hydrogens (tertiary/aromatic N) is 1. The molecule has 0 atom stereocenters. The minimum absolute atomic E-state index is 0.0909. The topological polar surface area (TPSA) is 76.1 Å². The van der Waals surface area contributed by atoms with Crippen molar-refractivity contribution in [1.82, 2.24) is 10.3 Å². The van der Waals surface area contributed by atoms with E-state index in [2.05, 4.69) is 10.3 Å². The summed E-state index contributed by atoms with van der Waals surface area (Å²) < 4.78 is 103. The van der Waals surface area contributed by atoms with Crippen LogP contribution in [0.1, 0.15) is 47.3 Å². The molecule has 1 aliphatic carbocycles. The van der Waals surface area contributed by atoms with Crippen LogP contribution in [0.3, 0.4) is 0 Å². The highest BCUT2D eigenvalue weighted by Gasteiger charge is 2.36. The highest BCUT2D eigenvalue weighted by Crippen LogP contribution is 2.34. The first-order valence-electron chi connectivity index (χ1n) is 9.54. The molecule has 1 aromatic carbocycles. The van der Waals surface area contributed by atoms with Crippen molar-refractivity contribution in [1.29, 1.82) is 0 Å². The van der Waals surface area contributed by atoms with Gasteiger partial charge in [-0.2, -0.15) is 26.3 Å². The van der Waals surface area contributed by atoms with Crippen molar-refractivity contribution in [2.45, 2.75) is 54.2 Å². The lowest BCUT2D eigenvalue weighted by atomic mass is 9.94. The third-order valence-electron chi connectivity index (χ3n) is 5.25. The van der Waals surface area contributed by atoms with Gasteiger partial charge >= 0.3 is 12.4 Å². The molecule has 1 amide bonds. The number of halogens is 6. The maximum absolute atomic E-state index is 12.9. The van der Waals surface area contributed by atoms with E-state index in [0.29, 0.717) is 12.1 Å². The Balaban J connectivity index is 1.65. The summed E-state index contributed by atoms with van der Waals surface area (Å²) in [4.78, 5) is 15.1. The summed E-state index contributed by atoms with van der Waals surface area (Å²) in [5.41, 5.74) is -2.50. The molecule has 1 fully saturated rings. The Labute approximate surface area is 179 Å². The van der Waals surface area contributed by atoms with Crippen LogP contribution in [0.4, 0.5) is 26.3 Å². The molecule has 5 nitrogen and oxygen atoms in total. The molecule has 1 aliphatic rings. The highest BCUT2D eigenvalue weighted by molar-refractivity contribution is 7.92. The monoisotopic (exact) mass is 480 g/mol. The van der Waals surface area contributed by atoms with Crippen LogP contribution in [-0.4, -0.2) is 30.6 Å². The summed E-state index contributed by atoms with van der Waals surface area (Å²) in [6, 6.07) is 4.82. The molecule has 3 rings (SSSR count). The minimum atomic E-state index is -4.70. The largest absolute Gasteiger partial charge is 0.433 e. The number of aromatic nitrogens is 1. The van der Waals surface area contributed by atoms with E-state index in [4.69, 9.17) is 0 Å². The van der Waals surface area contributed by atoms with Crippen LogP contribution in [0, 0.1) is 0 Å². The average molecular weight is 480 g/mol. The van der Waals surface area contributed by atoms with Crippen LogP contribution >= 0.6 is 0 Å². The zero-order chi connectivity index (χ0) is 23.7. The first kappa shape index (κ1) is 24.0. The van der Waals surface area contributed by atoms with Gasteiger partial charge in [0.1, 0.15) is 5.69 Å². The van der Waals surface area contributed by atoms with Gasteiger partial charge in [0.05, 0.1) is 15.7 Å². The first-order valence-corrected chi connectivity index (χ1v) is 11.1. The van der Waals surface area contributed by atoms with Crippen LogP contribution in [0.15, 0.2) is 47.5 Å². The van der Waals surface area contributed by atoms with Crippen LogP contribution in [0.25, 0.3) is 0 Å². The third kappa shape index (κ3) is 5.40. The second-order valence-corrected chi connectivity index (χ2v) is 9.67. The van der Waals surface area contributed by atoms with Gasteiger partial charge in [0, 0.05) is 17.8 Å². The fourth-order valence-corrected chi connectivity index (χ4v) is 5.39. The first-order chi connectivity index (χ1) is 14.8. The molecule has 0 unspecified atom stereocenters. The van der Waals surface area contributed by atoms with E-state index in [-0.39, 0.29) is 31.2 Å². The van der Waals surface area contributed by atoms with E-state index in [1.165, 1.54) is 0 Å². The lowest BCUT2D eigenvalue weighted by molar-refractivity contribution is -0.141. The quantitative estimate of drug-likeness (QED) is 0.648. The van der Waals surface area contributed by atoms with Crippen molar-refractivity contribution < 1.29 is 39.6 Å². The number of sulfone groups is 1. The van der Waals surface area contributed by atoms with E-state index >= 15 is 0 Å². The van der Waals surface area contributed by atoms with Crippen LogP contribution in [0.2, 0.25) is 0 Å². The Hall–Kier alpha value is -2.63. The van der Waals surface area contributed by atoms with Crippen molar-refractivity contribution in [3.8, 4) is 0 Å². The molecular formula is C20H18F6N2O3S. The second-order valence-electron chi connectivity index (χ2n) is 7.45. The van der Waals surface area contributed by atoms with Gasteiger partial charge in [-0.3, -0.25) is 9.78 Å². The van der Waals surface area contributed by atoms with E-state index in [1.54, 1.807) is 0 Å². The summed E-state index contributed by atoms with van der Waals surface area (Å²) in [6.07, 6.45) is -7.90. The van der Waals surface area contributed by atoms with Gasteiger partial charge in [0.25, 0.3) is 5.91 Å². The standard InChI is InChI=1S/C20H18F6N2O3S/c21-19(22,23)13-2-1-3-16(11-13)32(30,31)15-6-4-14(5-7-15)28-18(29)12-8-9-27-17(10-12)20(24,25)26/h1-3,8-11,14-15H,4-7H2,(H,28,29). The molecule has 1 N–H and O–H groups in total. The fraction of sp³-hybridized carbons (Fsp3) is 0.400. The summed E-state index contributed by atoms with van der Waals surface area (Å²) in [7, 11) is -4.02. The number of amides is 1. The van der Waals surface area contributed by atoms with Crippen molar-refractivity contribution in [2.75, 3.05) is 0 Å². The van der Waals surface area contributed by atoms with E-state index in [1.807, 2.05) is 0 Å². The Morgan fingerprint density at radius 3 is 2.19 bits per heavy atom. The molecule has 12 heteroatoms. The number of rotatable bonds is 4. The number of hydrogen-bond donors (Lipinski definition) is 1. The summed E-state index contributed by atoms with van der Waals surface area (Å²) in [5, 5.41) is 1.66. The van der Waals surface area contributed by atoms with Gasteiger partial charge in [-0.05, 0) is 56.0 Å². The predicted octanol–water partition coefficient (Wildman–Crippen LogP) is 4.63. The lowest BCUT2D eigenvalue weighted by Gasteiger charge is -2.29. The van der Waals surface area contributed by atoms with Gasteiger partial charge in [-0.25, -0.2) is 8.42 Å². The number of alkyl halides is 6. The van der Waals surface area contributed by atoms with Gasteiger partial charge in [0.2, 0.25) is 0 Å². The zero-order valence-corrected chi connectivity index (χ0v) is 17.2. The number of benzene rings is 1. The average Bonchev–Trinajstić information content (AvgIpc) is 2.73. The third-order valence-corrected chi connectivity index (χ3v) is 7.51. The van der Waals surface area contributed by atoms with Crippen molar-refractivity contribution >= 4 is 15.7 Å². The Kier molecular flexibility index (Phi) is 6.55. The lowest BCUT2D eigenvalue weighted by Crippen LogP contribution is -2.40. The van der Waals surface area contributed by atoms with Crippen molar-refractivity contribution in [3.05, 3.63) is 59.4 Å². The summed E-state index contributed by atoms with van der Waals surface area (Å²) in [6.45, 7) is 0. The molecule has 0 radical (unpaired) electrons. The summed E-state index contributed by atoms with van der Waals surface area (Å²) in [5.74, 6) is -0.748. The number of nitrogens with one attached hydrogen (secondary N) is 1. The molecule has 0 saturated heterocycles. The molecule has 0 bridgehead atoms. The van der Waals surface area contributed by atoms with E-state index in [9.17, 15) is 39.6 Å². The van der Waals surface area contributed by atoms with Crippen LogP contribution in [-0.2, 0) is 22.2 Å². The van der Waals surface area contributed by atoms with E-state index < -0.39 is 55.5 Å². The normalized spacial score (nSPS) is 20.1. The predicted molar refractivity (Wildman–Crippen MR) is 101 cm³/mol. The van der Waals surface area contributed by atoms with Gasteiger partial charge in [-0.1, -0.05) is 6.07 Å². The molecule has 0 aliphatic heterocycles. The van der Waals surface area contributed by atoms with Crippen LogP contribution in [0.5, 0.6) is 0 Å². The molecule has 32 heavy (non-hydrogen) atoms. The zero-order valence-electron chi connectivity index (χ0n) is 16.4. The molecule has 1 saturated carbocycles. The molecule has 2 aromatic rings. The number of hydrogen-bond acceptors (Lipinski definition) is 4. The van der Waals surface area contributed by atoms with Crippen molar-refractivity contribution in [2.24, 2.45) is 0 Å². The van der Waals surface area contributed by atoms with Gasteiger partial charge < -0.3 is 5.32 Å². The molecule has 174 valence electrons. The highest BCUT2D eigenvalue weighted by atomic mass is 32.2. The van der Waals surface area contributed by atoms with E-state index in [0.717, 1.165) is 30.5 Å². The molecule has 0 spiro atoms. The molecule has 1 heterocycles. The maximum Gasteiger partial charge on any atom is 0.433 e. The number of pyridine rings is 1. The maximum atomic E-state index is 12.9. The SMILES string of the molecule is O=C(NC1CCC(S(=O)(=O)c2cccc(C(F)(F)F)c2)CC1)c1ccnc(C(F)(F)F)c1. The minimum Gasteiger partial charge on any atom is -0.349 e.